The summed E-state index contributed by atoms with van der Waals surface area (Å²) >= 11 is 9.62. The fraction of sp³-hybridized carbons (Fsp3) is 0. The second kappa shape index (κ2) is 7.72. The van der Waals surface area contributed by atoms with Gasteiger partial charge in [-0.05, 0) is 54.6 Å². The summed E-state index contributed by atoms with van der Waals surface area (Å²) in [7, 11) is 0. The van der Waals surface area contributed by atoms with Gasteiger partial charge in [0, 0.05) is 27.2 Å². The smallest absolute Gasteiger partial charge is 0.291 e. The third-order valence-electron chi connectivity index (χ3n) is 4.83. The molecule has 0 aliphatic rings. The highest BCUT2D eigenvalue weighted by Crippen LogP contribution is 2.29. The molecular weight excluding hydrogens is 482 g/mol. The van der Waals surface area contributed by atoms with Crippen LogP contribution >= 0.6 is 27.5 Å². The summed E-state index contributed by atoms with van der Waals surface area (Å²) in [5, 5.41) is 4.41. The number of halogens is 2. The summed E-state index contributed by atoms with van der Waals surface area (Å²) in [4.78, 5) is 25.3. The van der Waals surface area contributed by atoms with Gasteiger partial charge in [0.2, 0.25) is 0 Å². The van der Waals surface area contributed by atoms with E-state index in [1.165, 1.54) is 6.07 Å². The van der Waals surface area contributed by atoms with Gasteiger partial charge >= 0.3 is 0 Å². The van der Waals surface area contributed by atoms with Crippen LogP contribution in [0.25, 0.3) is 33.3 Å². The van der Waals surface area contributed by atoms with Crippen molar-refractivity contribution < 1.29 is 13.6 Å². The van der Waals surface area contributed by atoms with Crippen LogP contribution in [-0.4, -0.2) is 5.91 Å². The lowest BCUT2D eigenvalue weighted by atomic mass is 10.1. The molecule has 0 unspecified atom stereocenters. The van der Waals surface area contributed by atoms with Gasteiger partial charge < -0.3 is 14.2 Å². The van der Waals surface area contributed by atoms with E-state index in [4.69, 9.17) is 20.4 Å². The lowest BCUT2D eigenvalue weighted by molar-refractivity contribution is 0.0998. The topological polar surface area (TPSA) is 72.5 Å². The Labute approximate surface area is 189 Å². The highest BCUT2D eigenvalue weighted by Gasteiger charge is 2.15. The van der Waals surface area contributed by atoms with Gasteiger partial charge in [-0.3, -0.25) is 9.59 Å². The highest BCUT2D eigenvalue weighted by atomic mass is 79.9. The number of rotatable bonds is 3. The van der Waals surface area contributed by atoms with Crippen molar-refractivity contribution in [3.05, 3.63) is 98.3 Å². The summed E-state index contributed by atoms with van der Waals surface area (Å²) in [6, 6.07) is 20.6. The van der Waals surface area contributed by atoms with Gasteiger partial charge in [-0.15, -0.1) is 0 Å². The molecule has 1 N–H and O–H groups in total. The Morgan fingerprint density at radius 1 is 0.903 bits per heavy atom. The second-order valence-corrected chi connectivity index (χ2v) is 8.24. The fourth-order valence-corrected chi connectivity index (χ4v) is 3.95. The average Bonchev–Trinajstić information content (AvgIpc) is 3.18. The van der Waals surface area contributed by atoms with Crippen LogP contribution in [0.15, 0.2) is 90.9 Å². The SMILES string of the molecule is O=C(Nc1ccc2oc(-c3ccccc3Cl)cc(=O)c2c1)c1cc2cc(Br)ccc2o1. The number of carbonyl (C=O) groups is 1. The summed E-state index contributed by atoms with van der Waals surface area (Å²) in [6.45, 7) is 0. The third kappa shape index (κ3) is 3.76. The Kier molecular flexibility index (Phi) is 4.88. The van der Waals surface area contributed by atoms with Crippen molar-refractivity contribution in [1.29, 1.82) is 0 Å². The Bertz CT molecular complexity index is 1540. The van der Waals surface area contributed by atoms with Crippen LogP contribution in [0.5, 0.6) is 0 Å². The Hall–Kier alpha value is -3.35. The Morgan fingerprint density at radius 3 is 2.55 bits per heavy atom. The molecule has 0 atom stereocenters. The van der Waals surface area contributed by atoms with Crippen LogP contribution in [0.2, 0.25) is 5.02 Å². The Balaban J connectivity index is 1.47. The van der Waals surface area contributed by atoms with E-state index in [-0.39, 0.29) is 11.2 Å². The molecule has 0 aliphatic heterocycles. The minimum absolute atomic E-state index is 0.175. The molecule has 5 nitrogen and oxygen atoms in total. The lowest BCUT2D eigenvalue weighted by Crippen LogP contribution is -2.11. The molecule has 3 aromatic carbocycles. The molecule has 1 amide bonds. The number of benzene rings is 3. The summed E-state index contributed by atoms with van der Waals surface area (Å²) in [6.07, 6.45) is 0. The number of hydrogen-bond donors (Lipinski definition) is 1. The number of anilines is 1. The number of furan rings is 1. The van der Waals surface area contributed by atoms with Gasteiger partial charge in [-0.25, -0.2) is 0 Å². The molecule has 5 aromatic rings. The molecular formula is C24H13BrClNO4. The highest BCUT2D eigenvalue weighted by molar-refractivity contribution is 9.10. The van der Waals surface area contributed by atoms with Gasteiger partial charge in [0.1, 0.15) is 16.9 Å². The molecule has 0 aliphatic carbocycles. The van der Waals surface area contributed by atoms with Crippen LogP contribution in [-0.2, 0) is 0 Å². The number of amides is 1. The van der Waals surface area contributed by atoms with Crippen molar-refractivity contribution in [2.24, 2.45) is 0 Å². The molecule has 0 bridgehead atoms. The Morgan fingerprint density at radius 2 is 1.71 bits per heavy atom. The molecule has 0 saturated heterocycles. The molecule has 31 heavy (non-hydrogen) atoms. The van der Waals surface area contributed by atoms with Gasteiger partial charge in [0.25, 0.3) is 5.91 Å². The minimum atomic E-state index is -0.413. The minimum Gasteiger partial charge on any atom is -0.456 e. The van der Waals surface area contributed by atoms with Crippen molar-refractivity contribution in [3.8, 4) is 11.3 Å². The first-order valence-corrected chi connectivity index (χ1v) is 10.5. The summed E-state index contributed by atoms with van der Waals surface area (Å²) < 4.78 is 12.4. The normalized spacial score (nSPS) is 11.2. The van der Waals surface area contributed by atoms with E-state index in [1.807, 2.05) is 18.2 Å². The second-order valence-electron chi connectivity index (χ2n) is 6.91. The molecule has 0 fully saturated rings. The van der Waals surface area contributed by atoms with Crippen molar-refractivity contribution in [1.82, 2.24) is 0 Å². The molecule has 2 aromatic heterocycles. The van der Waals surface area contributed by atoms with Crippen LogP contribution < -0.4 is 10.7 Å². The largest absolute Gasteiger partial charge is 0.456 e. The molecule has 2 heterocycles. The van der Waals surface area contributed by atoms with Crippen LogP contribution in [0.4, 0.5) is 5.69 Å². The van der Waals surface area contributed by atoms with E-state index in [0.717, 1.165) is 9.86 Å². The van der Waals surface area contributed by atoms with Crippen LogP contribution in [0.1, 0.15) is 10.6 Å². The zero-order valence-electron chi connectivity index (χ0n) is 15.8. The van der Waals surface area contributed by atoms with E-state index in [1.54, 1.807) is 48.5 Å². The van der Waals surface area contributed by atoms with Gasteiger partial charge in [0.05, 0.1) is 10.4 Å². The summed E-state index contributed by atoms with van der Waals surface area (Å²) in [5.74, 6) is 0.145. The standard InChI is InChI=1S/C24H13BrClNO4/c25-14-5-7-20-13(9-14)10-23(30-20)24(29)27-15-6-8-21-17(11-15)19(28)12-22(31-21)16-3-1-2-4-18(16)26/h1-12H,(H,27,29). The van der Waals surface area contributed by atoms with Crippen molar-refractivity contribution in [2.45, 2.75) is 0 Å². The number of fused-ring (bicyclic) bond motifs is 2. The van der Waals surface area contributed by atoms with Crippen molar-refractivity contribution >= 4 is 61.1 Å². The molecule has 0 saturated carbocycles. The first-order chi connectivity index (χ1) is 15.0. The predicted octanol–water partition coefficient (Wildman–Crippen LogP) is 6.87. The van der Waals surface area contributed by atoms with Gasteiger partial charge in [0.15, 0.2) is 11.2 Å². The maximum Gasteiger partial charge on any atom is 0.291 e. The maximum atomic E-state index is 12.7. The fourth-order valence-electron chi connectivity index (χ4n) is 3.35. The zero-order valence-corrected chi connectivity index (χ0v) is 18.2. The first-order valence-electron chi connectivity index (χ1n) is 9.31. The van der Waals surface area contributed by atoms with Crippen molar-refractivity contribution in [2.75, 3.05) is 5.32 Å². The number of carbonyl (C=O) groups excluding carboxylic acids is 1. The van der Waals surface area contributed by atoms with Crippen LogP contribution in [0, 0.1) is 0 Å². The van der Waals surface area contributed by atoms with E-state index in [9.17, 15) is 9.59 Å². The van der Waals surface area contributed by atoms with Gasteiger partial charge in [-0.1, -0.05) is 39.7 Å². The number of nitrogens with one attached hydrogen (secondary N) is 1. The molecule has 5 rings (SSSR count). The monoisotopic (exact) mass is 493 g/mol. The van der Waals surface area contributed by atoms with Crippen molar-refractivity contribution in [3.63, 3.8) is 0 Å². The predicted molar refractivity (Wildman–Crippen MR) is 125 cm³/mol. The van der Waals surface area contributed by atoms with Crippen LogP contribution in [0.3, 0.4) is 0 Å². The number of hydrogen-bond acceptors (Lipinski definition) is 4. The first kappa shape index (κ1) is 19.6. The van der Waals surface area contributed by atoms with E-state index in [2.05, 4.69) is 21.2 Å². The lowest BCUT2D eigenvalue weighted by Gasteiger charge is -2.07. The molecule has 7 heteroatoms. The van der Waals surface area contributed by atoms with Gasteiger partial charge in [-0.2, -0.15) is 0 Å². The zero-order chi connectivity index (χ0) is 21.5. The molecule has 0 spiro atoms. The quantitative estimate of drug-likeness (QED) is 0.297. The van der Waals surface area contributed by atoms with E-state index >= 15 is 0 Å². The van der Waals surface area contributed by atoms with E-state index < -0.39 is 5.91 Å². The van der Waals surface area contributed by atoms with E-state index in [0.29, 0.717) is 38.6 Å². The molecule has 152 valence electrons. The molecule has 0 radical (unpaired) electrons. The third-order valence-corrected chi connectivity index (χ3v) is 5.65. The maximum absolute atomic E-state index is 12.7. The summed E-state index contributed by atoms with van der Waals surface area (Å²) in [5.41, 5.74) is 1.86. The average molecular weight is 495 g/mol.